The summed E-state index contributed by atoms with van der Waals surface area (Å²) in [6.45, 7) is 6.45. The topological polar surface area (TPSA) is 39.9 Å². The SMILES string of the molecule is C=C(C)CN(C)c1snc(Cl)c1C#N. The minimum Gasteiger partial charge on any atom is -0.360 e. The van der Waals surface area contributed by atoms with Crippen LogP contribution < -0.4 is 4.90 Å². The molecule has 74 valence electrons. The lowest BCUT2D eigenvalue weighted by molar-refractivity contribution is 0.997. The van der Waals surface area contributed by atoms with Crippen LogP contribution in [0.2, 0.25) is 5.15 Å². The molecular formula is C9H10ClN3S. The molecule has 0 N–H and O–H groups in total. The summed E-state index contributed by atoms with van der Waals surface area (Å²) in [5.41, 5.74) is 1.47. The summed E-state index contributed by atoms with van der Waals surface area (Å²) in [4.78, 5) is 1.92. The van der Waals surface area contributed by atoms with Crippen LogP contribution >= 0.6 is 23.1 Å². The van der Waals surface area contributed by atoms with Gasteiger partial charge < -0.3 is 4.90 Å². The maximum Gasteiger partial charge on any atom is 0.162 e. The van der Waals surface area contributed by atoms with Gasteiger partial charge in [-0.3, -0.25) is 0 Å². The minimum absolute atomic E-state index is 0.279. The van der Waals surface area contributed by atoms with Crippen LogP contribution in [0.25, 0.3) is 0 Å². The molecular weight excluding hydrogens is 218 g/mol. The van der Waals surface area contributed by atoms with E-state index in [4.69, 9.17) is 16.9 Å². The average Bonchev–Trinajstić information content (AvgIpc) is 2.45. The number of halogens is 1. The van der Waals surface area contributed by atoms with E-state index < -0.39 is 0 Å². The van der Waals surface area contributed by atoms with Crippen LogP contribution in [0.4, 0.5) is 5.00 Å². The van der Waals surface area contributed by atoms with Gasteiger partial charge in [0.2, 0.25) is 0 Å². The fourth-order valence-electron chi connectivity index (χ4n) is 1.09. The molecule has 0 aliphatic heterocycles. The van der Waals surface area contributed by atoms with Crippen LogP contribution in [0.5, 0.6) is 0 Å². The van der Waals surface area contributed by atoms with Gasteiger partial charge >= 0.3 is 0 Å². The molecule has 5 heteroatoms. The maximum absolute atomic E-state index is 8.85. The van der Waals surface area contributed by atoms with Crippen molar-refractivity contribution in [1.29, 1.82) is 5.26 Å². The van der Waals surface area contributed by atoms with Gasteiger partial charge in [0.1, 0.15) is 16.6 Å². The van der Waals surface area contributed by atoms with E-state index in [1.54, 1.807) is 0 Å². The number of likely N-dealkylation sites (N-methyl/N-ethyl adjacent to an activating group) is 1. The summed E-state index contributed by atoms with van der Waals surface area (Å²) in [5.74, 6) is 0. The fraction of sp³-hybridized carbons (Fsp3) is 0.333. The van der Waals surface area contributed by atoms with Gasteiger partial charge in [-0.25, -0.2) is 0 Å². The molecule has 0 fully saturated rings. The Morgan fingerprint density at radius 1 is 1.79 bits per heavy atom. The molecule has 0 amide bonds. The van der Waals surface area contributed by atoms with Gasteiger partial charge in [-0.1, -0.05) is 23.8 Å². The Morgan fingerprint density at radius 2 is 2.43 bits per heavy atom. The van der Waals surface area contributed by atoms with Gasteiger partial charge in [0.05, 0.1) is 0 Å². The van der Waals surface area contributed by atoms with Gasteiger partial charge in [-0.05, 0) is 18.5 Å². The van der Waals surface area contributed by atoms with E-state index in [-0.39, 0.29) is 5.15 Å². The molecule has 0 unspecified atom stereocenters. The Labute approximate surface area is 92.4 Å². The van der Waals surface area contributed by atoms with Crippen molar-refractivity contribution in [3.05, 3.63) is 22.9 Å². The first-order chi connectivity index (χ1) is 6.56. The number of nitrogens with zero attached hydrogens (tertiary/aromatic N) is 3. The highest BCUT2D eigenvalue weighted by Gasteiger charge is 2.14. The number of aromatic nitrogens is 1. The molecule has 3 nitrogen and oxygen atoms in total. The summed E-state index contributed by atoms with van der Waals surface area (Å²) < 4.78 is 3.93. The van der Waals surface area contributed by atoms with Crippen molar-refractivity contribution < 1.29 is 0 Å². The van der Waals surface area contributed by atoms with Crippen LogP contribution in [0.1, 0.15) is 12.5 Å². The van der Waals surface area contributed by atoms with Crippen LogP contribution in [-0.4, -0.2) is 18.0 Å². The molecule has 0 radical (unpaired) electrons. The van der Waals surface area contributed by atoms with E-state index in [1.807, 2.05) is 24.9 Å². The third-order valence-corrected chi connectivity index (χ3v) is 2.93. The normalized spacial score (nSPS) is 9.57. The second-order valence-electron chi connectivity index (χ2n) is 3.08. The highest BCUT2D eigenvalue weighted by molar-refractivity contribution is 7.10. The van der Waals surface area contributed by atoms with Crippen molar-refractivity contribution in [3.8, 4) is 6.07 Å². The molecule has 14 heavy (non-hydrogen) atoms. The Bertz CT molecular complexity index is 391. The van der Waals surface area contributed by atoms with E-state index in [1.165, 1.54) is 11.5 Å². The number of hydrogen-bond donors (Lipinski definition) is 0. The second-order valence-corrected chi connectivity index (χ2v) is 4.19. The first kappa shape index (κ1) is 11.0. The van der Waals surface area contributed by atoms with Gasteiger partial charge in [-0.2, -0.15) is 9.64 Å². The number of nitriles is 1. The Kier molecular flexibility index (Phi) is 3.50. The molecule has 0 spiro atoms. The van der Waals surface area contributed by atoms with Crippen molar-refractivity contribution in [2.24, 2.45) is 0 Å². The molecule has 1 aromatic heterocycles. The predicted molar refractivity (Wildman–Crippen MR) is 59.9 cm³/mol. The van der Waals surface area contributed by atoms with Crippen molar-refractivity contribution in [2.45, 2.75) is 6.92 Å². The Balaban J connectivity index is 2.96. The lowest BCUT2D eigenvalue weighted by Crippen LogP contribution is -2.18. The van der Waals surface area contributed by atoms with Crippen molar-refractivity contribution >= 4 is 28.1 Å². The summed E-state index contributed by atoms with van der Waals surface area (Å²) in [6.07, 6.45) is 0. The lowest BCUT2D eigenvalue weighted by atomic mass is 10.3. The molecule has 0 bridgehead atoms. The van der Waals surface area contributed by atoms with Crippen LogP contribution in [-0.2, 0) is 0 Å². The van der Waals surface area contributed by atoms with E-state index in [0.717, 1.165) is 10.6 Å². The molecule has 0 atom stereocenters. The average molecular weight is 228 g/mol. The van der Waals surface area contributed by atoms with Crippen molar-refractivity contribution in [1.82, 2.24) is 4.37 Å². The third-order valence-electron chi connectivity index (χ3n) is 1.60. The monoisotopic (exact) mass is 227 g/mol. The standard InChI is InChI=1S/C9H10ClN3S/c1-6(2)5-13(3)9-7(4-11)8(10)12-14-9/h1,5H2,2-3H3. The zero-order valence-electron chi connectivity index (χ0n) is 8.04. The van der Waals surface area contributed by atoms with Gasteiger partial charge in [0.25, 0.3) is 0 Å². The summed E-state index contributed by atoms with van der Waals surface area (Å²) in [6, 6.07) is 2.04. The van der Waals surface area contributed by atoms with E-state index in [2.05, 4.69) is 11.0 Å². The number of anilines is 1. The summed E-state index contributed by atoms with van der Waals surface area (Å²) in [7, 11) is 1.89. The molecule has 1 aromatic rings. The second kappa shape index (κ2) is 4.45. The van der Waals surface area contributed by atoms with Crippen molar-refractivity contribution in [3.63, 3.8) is 0 Å². The lowest BCUT2D eigenvalue weighted by Gasteiger charge is -2.16. The molecule has 0 aliphatic carbocycles. The van der Waals surface area contributed by atoms with Gasteiger partial charge in [-0.15, -0.1) is 0 Å². The van der Waals surface area contributed by atoms with Gasteiger partial charge in [0.15, 0.2) is 5.15 Å². The molecule has 1 heterocycles. The van der Waals surface area contributed by atoms with E-state index in [9.17, 15) is 0 Å². The highest BCUT2D eigenvalue weighted by Crippen LogP contribution is 2.30. The minimum atomic E-state index is 0.279. The molecule has 0 saturated heterocycles. The summed E-state index contributed by atoms with van der Waals surface area (Å²) in [5, 5.41) is 9.93. The Morgan fingerprint density at radius 3 is 2.93 bits per heavy atom. The first-order valence-electron chi connectivity index (χ1n) is 3.97. The third kappa shape index (κ3) is 2.25. The van der Waals surface area contributed by atoms with Crippen LogP contribution in [0, 0.1) is 11.3 Å². The largest absolute Gasteiger partial charge is 0.360 e. The quantitative estimate of drug-likeness (QED) is 0.746. The van der Waals surface area contributed by atoms with Gasteiger partial charge in [0, 0.05) is 13.6 Å². The smallest absolute Gasteiger partial charge is 0.162 e. The fourth-order valence-corrected chi connectivity index (χ4v) is 2.08. The summed E-state index contributed by atoms with van der Waals surface area (Å²) >= 11 is 6.98. The number of hydrogen-bond acceptors (Lipinski definition) is 4. The zero-order chi connectivity index (χ0) is 10.7. The number of rotatable bonds is 3. The molecule has 0 aromatic carbocycles. The molecule has 0 saturated carbocycles. The first-order valence-corrected chi connectivity index (χ1v) is 5.12. The van der Waals surface area contributed by atoms with Crippen molar-refractivity contribution in [2.75, 3.05) is 18.5 Å². The maximum atomic E-state index is 8.85. The van der Waals surface area contributed by atoms with E-state index in [0.29, 0.717) is 12.1 Å². The Hall–Kier alpha value is -1.05. The van der Waals surface area contributed by atoms with E-state index >= 15 is 0 Å². The molecule has 0 aliphatic rings. The zero-order valence-corrected chi connectivity index (χ0v) is 9.61. The van der Waals surface area contributed by atoms with Crippen LogP contribution in [0.3, 0.4) is 0 Å². The van der Waals surface area contributed by atoms with Crippen LogP contribution in [0.15, 0.2) is 12.2 Å². The molecule has 1 rings (SSSR count). The predicted octanol–water partition coefficient (Wildman–Crippen LogP) is 2.68. The highest BCUT2D eigenvalue weighted by atomic mass is 35.5.